The highest BCUT2D eigenvalue weighted by Gasteiger charge is 2.15. The Kier molecular flexibility index (Phi) is 7.18. The molecule has 112 valence electrons. The molecule has 0 aliphatic rings. The Hall–Kier alpha value is -1.46. The monoisotopic (exact) mass is 301 g/mol. The van der Waals surface area contributed by atoms with Crippen molar-refractivity contribution in [3.63, 3.8) is 0 Å². The van der Waals surface area contributed by atoms with Gasteiger partial charge in [-0.3, -0.25) is 4.79 Å². The van der Waals surface area contributed by atoms with E-state index in [1.165, 1.54) is 7.11 Å². The summed E-state index contributed by atoms with van der Waals surface area (Å²) >= 11 is 6.09. The maximum atomic E-state index is 12.0. The fourth-order valence-corrected chi connectivity index (χ4v) is 1.97. The van der Waals surface area contributed by atoms with Gasteiger partial charge in [0.15, 0.2) is 11.5 Å². The van der Waals surface area contributed by atoms with Crippen LogP contribution >= 0.6 is 11.6 Å². The molecule has 0 fully saturated rings. The lowest BCUT2D eigenvalue weighted by Gasteiger charge is -2.13. The van der Waals surface area contributed by atoms with Gasteiger partial charge >= 0.3 is 0 Å². The van der Waals surface area contributed by atoms with Crippen LogP contribution in [0.2, 0.25) is 5.02 Å². The zero-order valence-electron chi connectivity index (χ0n) is 12.0. The standard InChI is InChI=1S/C14H20ClNO4/c1-4-20-12-9-10(8-11(15)13(12)19-3)14(17)16-6-5-7-18-2/h8-9H,4-7H2,1-3H3,(H,16,17). The average Bonchev–Trinajstić information content (AvgIpc) is 2.43. The van der Waals surface area contributed by atoms with E-state index >= 15 is 0 Å². The molecule has 0 aliphatic heterocycles. The number of methoxy groups -OCH3 is 2. The van der Waals surface area contributed by atoms with E-state index in [9.17, 15) is 4.79 Å². The summed E-state index contributed by atoms with van der Waals surface area (Å²) in [6.07, 6.45) is 0.754. The molecule has 1 aromatic rings. The second-order valence-electron chi connectivity index (χ2n) is 4.02. The van der Waals surface area contributed by atoms with E-state index in [2.05, 4.69) is 5.32 Å². The van der Waals surface area contributed by atoms with Gasteiger partial charge in [0.05, 0.1) is 18.7 Å². The summed E-state index contributed by atoms with van der Waals surface area (Å²) in [7, 11) is 3.13. The Morgan fingerprint density at radius 2 is 2.10 bits per heavy atom. The molecule has 0 bridgehead atoms. The number of carbonyl (C=O) groups is 1. The first kappa shape index (κ1) is 16.6. The summed E-state index contributed by atoms with van der Waals surface area (Å²) in [6, 6.07) is 3.19. The lowest BCUT2D eigenvalue weighted by atomic mass is 10.2. The lowest BCUT2D eigenvalue weighted by Crippen LogP contribution is -2.25. The van der Waals surface area contributed by atoms with Crippen LogP contribution in [0.25, 0.3) is 0 Å². The molecule has 0 heterocycles. The van der Waals surface area contributed by atoms with Crippen LogP contribution in [0.5, 0.6) is 11.5 Å². The van der Waals surface area contributed by atoms with E-state index in [1.807, 2.05) is 6.92 Å². The van der Waals surface area contributed by atoms with Crippen molar-refractivity contribution in [3.8, 4) is 11.5 Å². The quantitative estimate of drug-likeness (QED) is 0.750. The van der Waals surface area contributed by atoms with Crippen LogP contribution in [0, 0.1) is 0 Å². The molecule has 20 heavy (non-hydrogen) atoms. The van der Waals surface area contributed by atoms with Gasteiger partial charge in [-0.25, -0.2) is 0 Å². The first-order chi connectivity index (χ1) is 9.63. The highest BCUT2D eigenvalue weighted by Crippen LogP contribution is 2.36. The zero-order chi connectivity index (χ0) is 15.0. The van der Waals surface area contributed by atoms with Crippen LogP contribution in [-0.2, 0) is 4.74 Å². The minimum atomic E-state index is -0.202. The highest BCUT2D eigenvalue weighted by atomic mass is 35.5. The molecule has 5 nitrogen and oxygen atoms in total. The van der Waals surface area contributed by atoms with Crippen LogP contribution in [-0.4, -0.2) is 39.9 Å². The normalized spacial score (nSPS) is 10.2. The van der Waals surface area contributed by atoms with E-state index < -0.39 is 0 Å². The summed E-state index contributed by atoms with van der Waals surface area (Å²) in [5.41, 5.74) is 0.441. The SMILES string of the molecule is CCOc1cc(C(=O)NCCCOC)cc(Cl)c1OC. The Labute approximate surface area is 124 Å². The van der Waals surface area contributed by atoms with E-state index in [0.29, 0.717) is 41.8 Å². The first-order valence-corrected chi connectivity index (χ1v) is 6.79. The molecule has 1 amide bonds. The molecule has 0 aromatic heterocycles. The molecule has 1 N–H and O–H groups in total. The van der Waals surface area contributed by atoms with Gasteiger partial charge in [-0.15, -0.1) is 0 Å². The summed E-state index contributed by atoms with van der Waals surface area (Å²) in [5, 5.41) is 3.14. The largest absolute Gasteiger partial charge is 0.491 e. The molecule has 0 unspecified atom stereocenters. The molecular weight excluding hydrogens is 282 g/mol. The minimum Gasteiger partial charge on any atom is -0.491 e. The van der Waals surface area contributed by atoms with Crippen molar-refractivity contribution in [1.82, 2.24) is 5.32 Å². The summed E-state index contributed by atoms with van der Waals surface area (Å²) in [5.74, 6) is 0.695. The third-order valence-corrected chi connectivity index (χ3v) is 2.87. The van der Waals surface area contributed by atoms with Crippen molar-refractivity contribution >= 4 is 17.5 Å². The van der Waals surface area contributed by atoms with Gasteiger partial charge in [0.2, 0.25) is 0 Å². The van der Waals surface area contributed by atoms with Gasteiger partial charge in [0.1, 0.15) is 0 Å². The number of hydrogen-bond donors (Lipinski definition) is 1. The number of benzene rings is 1. The third-order valence-electron chi connectivity index (χ3n) is 2.59. The Morgan fingerprint density at radius 3 is 2.70 bits per heavy atom. The van der Waals surface area contributed by atoms with Gasteiger partial charge in [-0.1, -0.05) is 11.6 Å². The van der Waals surface area contributed by atoms with Crippen molar-refractivity contribution in [2.45, 2.75) is 13.3 Å². The van der Waals surface area contributed by atoms with Gasteiger partial charge in [0.25, 0.3) is 5.91 Å². The number of amides is 1. The van der Waals surface area contributed by atoms with E-state index in [0.717, 1.165) is 6.42 Å². The number of halogens is 1. The molecule has 0 aliphatic carbocycles. The van der Waals surface area contributed by atoms with Gasteiger partial charge < -0.3 is 19.5 Å². The Balaban J connectivity index is 2.81. The van der Waals surface area contributed by atoms with Crippen LogP contribution in [0.3, 0.4) is 0 Å². The summed E-state index contributed by atoms with van der Waals surface area (Å²) in [4.78, 5) is 12.0. The van der Waals surface area contributed by atoms with Crippen molar-refractivity contribution < 1.29 is 19.0 Å². The predicted octanol–water partition coefficient (Wildman–Crippen LogP) is 2.51. The molecule has 0 spiro atoms. The number of rotatable bonds is 8. The second-order valence-corrected chi connectivity index (χ2v) is 4.43. The lowest BCUT2D eigenvalue weighted by molar-refractivity contribution is 0.0948. The summed E-state index contributed by atoms with van der Waals surface area (Å²) < 4.78 is 15.5. The zero-order valence-corrected chi connectivity index (χ0v) is 12.8. The Bertz CT molecular complexity index is 451. The van der Waals surface area contributed by atoms with Crippen molar-refractivity contribution in [2.75, 3.05) is 34.0 Å². The molecular formula is C14H20ClNO4. The topological polar surface area (TPSA) is 56.8 Å². The second kappa shape index (κ2) is 8.66. The third kappa shape index (κ3) is 4.58. The van der Waals surface area contributed by atoms with Gasteiger partial charge in [-0.05, 0) is 25.5 Å². The molecule has 1 rings (SSSR count). The number of ether oxygens (including phenoxy) is 3. The highest BCUT2D eigenvalue weighted by molar-refractivity contribution is 6.32. The molecule has 0 saturated heterocycles. The number of hydrogen-bond acceptors (Lipinski definition) is 4. The van der Waals surface area contributed by atoms with Crippen molar-refractivity contribution in [1.29, 1.82) is 0 Å². The predicted molar refractivity (Wildman–Crippen MR) is 78.0 cm³/mol. The van der Waals surface area contributed by atoms with Crippen molar-refractivity contribution in [2.24, 2.45) is 0 Å². The van der Waals surface area contributed by atoms with Crippen molar-refractivity contribution in [3.05, 3.63) is 22.7 Å². The van der Waals surface area contributed by atoms with Gasteiger partial charge in [-0.2, -0.15) is 0 Å². The minimum absolute atomic E-state index is 0.202. The van der Waals surface area contributed by atoms with E-state index in [-0.39, 0.29) is 5.91 Å². The van der Waals surface area contributed by atoms with Crippen LogP contribution in [0.1, 0.15) is 23.7 Å². The first-order valence-electron chi connectivity index (χ1n) is 6.41. The average molecular weight is 302 g/mol. The molecule has 1 aromatic carbocycles. The maximum absolute atomic E-state index is 12.0. The Morgan fingerprint density at radius 1 is 1.35 bits per heavy atom. The van der Waals surface area contributed by atoms with Gasteiger partial charge in [0, 0.05) is 25.8 Å². The molecule has 6 heteroatoms. The van der Waals surface area contributed by atoms with Crippen LogP contribution in [0.4, 0.5) is 0 Å². The maximum Gasteiger partial charge on any atom is 0.251 e. The van der Waals surface area contributed by atoms with E-state index in [4.69, 9.17) is 25.8 Å². The fraction of sp³-hybridized carbons (Fsp3) is 0.500. The molecule has 0 radical (unpaired) electrons. The molecule has 0 atom stereocenters. The van der Waals surface area contributed by atoms with E-state index in [1.54, 1.807) is 19.2 Å². The smallest absolute Gasteiger partial charge is 0.251 e. The number of nitrogens with one attached hydrogen (secondary N) is 1. The van der Waals surface area contributed by atoms with Crippen LogP contribution < -0.4 is 14.8 Å². The fourth-order valence-electron chi connectivity index (χ4n) is 1.68. The number of carbonyl (C=O) groups excluding carboxylic acids is 1. The molecule has 0 saturated carbocycles. The summed E-state index contributed by atoms with van der Waals surface area (Å²) in [6.45, 7) is 3.46. The van der Waals surface area contributed by atoms with Crippen LogP contribution in [0.15, 0.2) is 12.1 Å².